The van der Waals surface area contributed by atoms with Gasteiger partial charge < -0.3 is 10.8 Å². The molecule has 1 aromatic rings. The van der Waals surface area contributed by atoms with Gasteiger partial charge in [-0.3, -0.25) is 0 Å². The zero-order valence-electron chi connectivity index (χ0n) is 8.72. The Kier molecular flexibility index (Phi) is 3.33. The SMILES string of the molecule is Cc1ccc([C@@H](N)C(F)(F)C(F)(F)F)c(O)c1. The zero-order chi connectivity index (χ0) is 13.4. The molecule has 0 aliphatic carbocycles. The maximum atomic E-state index is 12.9. The summed E-state index contributed by atoms with van der Waals surface area (Å²) in [7, 11) is 0. The highest BCUT2D eigenvalue weighted by Crippen LogP contribution is 2.44. The first-order valence-electron chi connectivity index (χ1n) is 4.57. The number of phenolic OH excluding ortho intramolecular Hbond substituents is 1. The van der Waals surface area contributed by atoms with Crippen molar-refractivity contribution in [2.24, 2.45) is 5.73 Å². The maximum Gasteiger partial charge on any atom is 0.455 e. The van der Waals surface area contributed by atoms with Crippen LogP contribution in [0.3, 0.4) is 0 Å². The van der Waals surface area contributed by atoms with Crippen molar-refractivity contribution in [1.82, 2.24) is 0 Å². The minimum absolute atomic E-state index is 0.522. The van der Waals surface area contributed by atoms with E-state index in [2.05, 4.69) is 0 Å². The lowest BCUT2D eigenvalue weighted by molar-refractivity contribution is -0.291. The predicted molar refractivity (Wildman–Crippen MR) is 50.8 cm³/mol. The van der Waals surface area contributed by atoms with Gasteiger partial charge in [0.2, 0.25) is 0 Å². The summed E-state index contributed by atoms with van der Waals surface area (Å²) in [4.78, 5) is 0. The van der Waals surface area contributed by atoms with E-state index in [1.807, 2.05) is 0 Å². The first-order chi connectivity index (χ1) is 7.57. The number of hydrogen-bond donors (Lipinski definition) is 2. The molecule has 0 fully saturated rings. The fourth-order valence-electron chi connectivity index (χ4n) is 1.29. The Balaban J connectivity index is 3.17. The van der Waals surface area contributed by atoms with E-state index < -0.39 is 29.5 Å². The van der Waals surface area contributed by atoms with Crippen LogP contribution in [0.2, 0.25) is 0 Å². The van der Waals surface area contributed by atoms with Gasteiger partial charge in [0.1, 0.15) is 11.8 Å². The number of halogens is 5. The van der Waals surface area contributed by atoms with Gasteiger partial charge in [-0.15, -0.1) is 0 Å². The van der Waals surface area contributed by atoms with Gasteiger partial charge in [-0.2, -0.15) is 22.0 Å². The van der Waals surface area contributed by atoms with Gasteiger partial charge in [0.15, 0.2) is 0 Å². The predicted octanol–water partition coefficient (Wildman–Crippen LogP) is 2.90. The number of alkyl halides is 5. The van der Waals surface area contributed by atoms with E-state index in [0.29, 0.717) is 5.56 Å². The summed E-state index contributed by atoms with van der Waals surface area (Å²) in [5.74, 6) is -5.78. The van der Waals surface area contributed by atoms with Crippen LogP contribution in [0.15, 0.2) is 18.2 Å². The van der Waals surface area contributed by atoms with E-state index in [4.69, 9.17) is 5.73 Å². The Morgan fingerprint density at radius 2 is 1.71 bits per heavy atom. The molecule has 7 heteroatoms. The Morgan fingerprint density at radius 1 is 1.18 bits per heavy atom. The van der Waals surface area contributed by atoms with Gasteiger partial charge in [0.25, 0.3) is 0 Å². The second-order valence-electron chi connectivity index (χ2n) is 3.66. The van der Waals surface area contributed by atoms with Crippen molar-refractivity contribution >= 4 is 0 Å². The summed E-state index contributed by atoms with van der Waals surface area (Å²) in [5, 5.41) is 9.31. The van der Waals surface area contributed by atoms with Crippen LogP contribution >= 0.6 is 0 Å². The number of nitrogens with two attached hydrogens (primary N) is 1. The number of aromatic hydroxyl groups is 1. The highest BCUT2D eigenvalue weighted by Gasteiger charge is 2.62. The van der Waals surface area contributed by atoms with Crippen LogP contribution < -0.4 is 5.73 Å². The van der Waals surface area contributed by atoms with Crippen molar-refractivity contribution in [2.75, 3.05) is 0 Å². The average molecular weight is 255 g/mol. The minimum atomic E-state index is -5.76. The van der Waals surface area contributed by atoms with Crippen LogP contribution in [0.25, 0.3) is 0 Å². The first-order valence-corrected chi connectivity index (χ1v) is 4.57. The summed E-state index contributed by atoms with van der Waals surface area (Å²) in [5.41, 5.74) is 4.76. The van der Waals surface area contributed by atoms with Crippen molar-refractivity contribution in [3.63, 3.8) is 0 Å². The lowest BCUT2D eigenvalue weighted by Gasteiger charge is -2.26. The number of aryl methyl sites for hydroxylation is 1. The number of rotatable bonds is 2. The molecule has 1 atom stereocenters. The maximum absolute atomic E-state index is 12.9. The Morgan fingerprint density at radius 3 is 2.12 bits per heavy atom. The Hall–Kier alpha value is -1.37. The molecule has 0 aliphatic heterocycles. The molecule has 0 saturated heterocycles. The molecule has 2 nitrogen and oxygen atoms in total. The van der Waals surface area contributed by atoms with Crippen molar-refractivity contribution in [3.8, 4) is 5.75 Å². The Labute approximate surface area is 93.9 Å². The second kappa shape index (κ2) is 4.14. The van der Waals surface area contributed by atoms with E-state index in [1.54, 1.807) is 6.92 Å². The van der Waals surface area contributed by atoms with Crippen LogP contribution in [0.1, 0.15) is 17.2 Å². The second-order valence-corrected chi connectivity index (χ2v) is 3.66. The summed E-state index contributed by atoms with van der Waals surface area (Å²) < 4.78 is 62.1. The Bertz CT molecular complexity index is 416. The molecule has 0 spiro atoms. The molecule has 1 rings (SSSR count). The highest BCUT2D eigenvalue weighted by atomic mass is 19.4. The lowest BCUT2D eigenvalue weighted by Crippen LogP contribution is -2.45. The fourth-order valence-corrected chi connectivity index (χ4v) is 1.29. The quantitative estimate of drug-likeness (QED) is 0.798. The third kappa shape index (κ3) is 2.49. The molecule has 3 N–H and O–H groups in total. The molecular formula is C10H10F5NO. The summed E-state index contributed by atoms with van der Waals surface area (Å²) >= 11 is 0. The van der Waals surface area contributed by atoms with Crippen molar-refractivity contribution in [3.05, 3.63) is 29.3 Å². The summed E-state index contributed by atoms with van der Waals surface area (Å²) in [6.45, 7) is 1.55. The smallest absolute Gasteiger partial charge is 0.455 e. The molecule has 0 aromatic heterocycles. The van der Waals surface area contributed by atoms with Crippen molar-refractivity contribution in [2.45, 2.75) is 25.1 Å². The third-order valence-electron chi connectivity index (χ3n) is 2.29. The van der Waals surface area contributed by atoms with E-state index in [-0.39, 0.29) is 0 Å². The van der Waals surface area contributed by atoms with E-state index >= 15 is 0 Å². The standard InChI is InChI=1S/C10H10F5NO/c1-5-2-3-6(7(17)4-5)8(16)9(11,12)10(13,14)15/h2-4,8,17H,16H2,1H3/t8-/m1/s1. The van der Waals surface area contributed by atoms with Crippen LogP contribution in [-0.2, 0) is 0 Å². The number of phenols is 1. The minimum Gasteiger partial charge on any atom is -0.508 e. The van der Waals surface area contributed by atoms with Crippen LogP contribution in [0, 0.1) is 6.92 Å². The van der Waals surface area contributed by atoms with Gasteiger partial charge >= 0.3 is 12.1 Å². The van der Waals surface area contributed by atoms with E-state index in [0.717, 1.165) is 12.1 Å². The van der Waals surface area contributed by atoms with Crippen LogP contribution in [0.5, 0.6) is 5.75 Å². The van der Waals surface area contributed by atoms with Gasteiger partial charge in [-0.05, 0) is 18.6 Å². The third-order valence-corrected chi connectivity index (χ3v) is 2.29. The molecule has 0 bridgehead atoms. The average Bonchev–Trinajstić information content (AvgIpc) is 2.14. The summed E-state index contributed by atoms with van der Waals surface area (Å²) in [6.07, 6.45) is -5.76. The molecule has 17 heavy (non-hydrogen) atoms. The molecule has 0 saturated carbocycles. The normalized spacial score (nSPS) is 14.8. The van der Waals surface area contributed by atoms with E-state index in [9.17, 15) is 27.1 Å². The molecule has 1 aromatic carbocycles. The van der Waals surface area contributed by atoms with Crippen molar-refractivity contribution < 1.29 is 27.1 Å². The van der Waals surface area contributed by atoms with Crippen LogP contribution in [-0.4, -0.2) is 17.2 Å². The fraction of sp³-hybridized carbons (Fsp3) is 0.400. The van der Waals surface area contributed by atoms with Crippen molar-refractivity contribution in [1.29, 1.82) is 0 Å². The summed E-state index contributed by atoms with van der Waals surface area (Å²) in [6, 6.07) is 0.681. The monoisotopic (exact) mass is 255 g/mol. The molecule has 0 radical (unpaired) electrons. The molecule has 96 valence electrons. The highest BCUT2D eigenvalue weighted by molar-refractivity contribution is 5.39. The molecular weight excluding hydrogens is 245 g/mol. The largest absolute Gasteiger partial charge is 0.508 e. The van der Waals surface area contributed by atoms with Gasteiger partial charge in [-0.1, -0.05) is 12.1 Å². The first kappa shape index (κ1) is 13.7. The van der Waals surface area contributed by atoms with E-state index in [1.165, 1.54) is 6.07 Å². The van der Waals surface area contributed by atoms with Crippen LogP contribution in [0.4, 0.5) is 22.0 Å². The van der Waals surface area contributed by atoms with Gasteiger partial charge in [0, 0.05) is 5.56 Å². The van der Waals surface area contributed by atoms with Gasteiger partial charge in [0.05, 0.1) is 0 Å². The molecule has 0 heterocycles. The molecule has 0 aliphatic rings. The topological polar surface area (TPSA) is 46.2 Å². The molecule has 0 amide bonds. The van der Waals surface area contributed by atoms with Gasteiger partial charge in [-0.25, -0.2) is 0 Å². The molecule has 0 unspecified atom stereocenters. The zero-order valence-corrected chi connectivity index (χ0v) is 8.72. The lowest BCUT2D eigenvalue weighted by atomic mass is 9.99. The number of hydrogen-bond acceptors (Lipinski definition) is 2. The number of benzene rings is 1.